The molecule has 0 amide bonds. The van der Waals surface area contributed by atoms with Crippen LogP contribution in [0.3, 0.4) is 0 Å². The van der Waals surface area contributed by atoms with Gasteiger partial charge in [-0.15, -0.1) is 0 Å². The van der Waals surface area contributed by atoms with E-state index in [0.717, 1.165) is 42.6 Å². The van der Waals surface area contributed by atoms with Crippen LogP contribution in [0.15, 0.2) is 22.8 Å². The molecule has 186 valence electrons. The highest BCUT2D eigenvalue weighted by molar-refractivity contribution is 14.1. The van der Waals surface area contributed by atoms with Crippen LogP contribution < -0.4 is 5.73 Å². The van der Waals surface area contributed by atoms with Crippen LogP contribution in [0.4, 0.5) is 0 Å². The zero-order valence-electron chi connectivity index (χ0n) is 21.1. The van der Waals surface area contributed by atoms with E-state index in [4.69, 9.17) is 10.5 Å². The number of ether oxygens (including phenoxy) is 1. The molecule has 2 N–H and O–H groups in total. The molecule has 4 rings (SSSR count). The number of hydrogen-bond acceptors (Lipinski definition) is 3. The topological polar surface area (TPSA) is 52.3 Å². The first-order valence-corrected chi connectivity index (χ1v) is 15.3. The second-order valence-electron chi connectivity index (χ2n) is 12.0. The molecule has 0 aromatic rings. The van der Waals surface area contributed by atoms with Gasteiger partial charge in [-0.2, -0.15) is 0 Å². The number of nitrogens with two attached hydrogens (primary N) is 1. The van der Waals surface area contributed by atoms with E-state index in [1.54, 1.807) is 0 Å². The van der Waals surface area contributed by atoms with Gasteiger partial charge in [0.05, 0.1) is 0 Å². The second-order valence-corrected chi connectivity index (χ2v) is 16.5. The van der Waals surface area contributed by atoms with Gasteiger partial charge in [-0.05, 0) is 102 Å². The molecule has 9 unspecified atom stereocenters. The van der Waals surface area contributed by atoms with Crippen molar-refractivity contribution >= 4 is 51.2 Å². The largest absolute Gasteiger partial charge is 0.458 e. The minimum atomic E-state index is -0.0943. The predicted octanol–water partition coefficient (Wildman–Crippen LogP) is 7.54. The zero-order valence-corrected chi connectivity index (χ0v) is 25.4. The van der Waals surface area contributed by atoms with E-state index in [1.807, 2.05) is 6.92 Å². The van der Waals surface area contributed by atoms with Crippen LogP contribution in [0.1, 0.15) is 92.4 Å². The van der Waals surface area contributed by atoms with E-state index in [1.165, 1.54) is 49.7 Å². The summed E-state index contributed by atoms with van der Waals surface area (Å²) in [5.74, 6) is 3.21. The molecule has 3 nitrogen and oxygen atoms in total. The Kier molecular flexibility index (Phi) is 8.03. The molecule has 0 saturated heterocycles. The highest BCUT2D eigenvalue weighted by Gasteiger charge is 2.59. The molecule has 0 aromatic carbocycles. The Morgan fingerprint density at radius 1 is 1.06 bits per heavy atom. The molecule has 33 heavy (non-hydrogen) atoms. The second kappa shape index (κ2) is 10.0. The normalized spacial score (nSPS) is 45.6. The number of hydrogen-bond donors (Lipinski definition) is 1. The summed E-state index contributed by atoms with van der Waals surface area (Å²) in [7, 11) is 0. The SMILES string of the molecule is CC1=CCC2C(CCC3(I)C(C(C)C4CC(C)=C(C)C(=O)O4)CCC23)C(C)(I)CCC(N)C1. The third kappa shape index (κ3) is 5.12. The maximum absolute atomic E-state index is 12.4. The Labute approximate surface area is 228 Å². The van der Waals surface area contributed by atoms with Crippen molar-refractivity contribution in [3.8, 4) is 0 Å². The van der Waals surface area contributed by atoms with Crippen LogP contribution in [0.25, 0.3) is 0 Å². The molecule has 1 heterocycles. The quantitative estimate of drug-likeness (QED) is 0.142. The summed E-state index contributed by atoms with van der Waals surface area (Å²) < 4.78 is 6.62. The summed E-state index contributed by atoms with van der Waals surface area (Å²) in [6.45, 7) is 11.2. The van der Waals surface area contributed by atoms with Crippen LogP contribution in [0.5, 0.6) is 0 Å². The summed E-state index contributed by atoms with van der Waals surface area (Å²) in [6.07, 6.45) is 13.3. The summed E-state index contributed by atoms with van der Waals surface area (Å²) >= 11 is 5.67. The lowest BCUT2D eigenvalue weighted by atomic mass is 9.60. The van der Waals surface area contributed by atoms with E-state index in [2.05, 4.69) is 79.0 Å². The van der Waals surface area contributed by atoms with Crippen molar-refractivity contribution in [1.29, 1.82) is 0 Å². The Bertz CT molecular complexity index is 834. The van der Waals surface area contributed by atoms with Crippen LogP contribution in [0.2, 0.25) is 0 Å². The highest BCUT2D eigenvalue weighted by atomic mass is 127. The van der Waals surface area contributed by atoms with Crippen molar-refractivity contribution < 1.29 is 9.53 Å². The molecule has 4 aliphatic rings. The molecule has 1 aliphatic heterocycles. The van der Waals surface area contributed by atoms with Gasteiger partial charge in [0.15, 0.2) is 0 Å². The molecule has 3 aliphatic carbocycles. The van der Waals surface area contributed by atoms with Crippen LogP contribution in [-0.4, -0.2) is 25.0 Å². The van der Waals surface area contributed by atoms with Crippen LogP contribution >= 0.6 is 45.2 Å². The predicted molar refractivity (Wildman–Crippen MR) is 154 cm³/mol. The molecule has 0 aromatic heterocycles. The van der Waals surface area contributed by atoms with Gasteiger partial charge in [-0.25, -0.2) is 4.79 Å². The fraction of sp³-hybridized carbons (Fsp3) is 0.821. The molecule has 0 bridgehead atoms. The lowest BCUT2D eigenvalue weighted by molar-refractivity contribution is -0.149. The van der Waals surface area contributed by atoms with Crippen molar-refractivity contribution in [2.24, 2.45) is 35.3 Å². The number of halogens is 2. The van der Waals surface area contributed by atoms with Gasteiger partial charge >= 0.3 is 5.97 Å². The minimum Gasteiger partial charge on any atom is -0.458 e. The number of fused-ring (bicyclic) bond motifs is 3. The van der Waals surface area contributed by atoms with Crippen molar-refractivity contribution in [3.05, 3.63) is 22.8 Å². The standard InChI is InChI=1S/C28H43I2NO2/c1-16-6-7-21-23(27(5,29)12-10-20(31)14-16)11-13-28(30)22(8-9-24(21)28)19(4)25-15-17(2)18(3)26(32)33-25/h6,19-25H,7-15,31H2,1-5H3. The fourth-order valence-corrected chi connectivity index (χ4v) is 10.8. The minimum absolute atomic E-state index is 0.0387. The maximum atomic E-state index is 12.4. The van der Waals surface area contributed by atoms with Gasteiger partial charge in [0.25, 0.3) is 0 Å². The summed E-state index contributed by atoms with van der Waals surface area (Å²) in [4.78, 5) is 12.4. The van der Waals surface area contributed by atoms with Gasteiger partial charge in [-0.1, -0.05) is 76.3 Å². The monoisotopic (exact) mass is 679 g/mol. The summed E-state index contributed by atoms with van der Waals surface area (Å²) in [6, 6.07) is 0.301. The van der Waals surface area contributed by atoms with Crippen LogP contribution in [0, 0.1) is 29.6 Å². The molecular weight excluding hydrogens is 636 g/mol. The first-order valence-electron chi connectivity index (χ1n) is 13.1. The number of carbonyl (C=O) groups is 1. The number of carbonyl (C=O) groups excluding carboxylic acids is 1. The van der Waals surface area contributed by atoms with Crippen molar-refractivity contribution in [1.82, 2.24) is 0 Å². The van der Waals surface area contributed by atoms with Gasteiger partial charge in [0.1, 0.15) is 6.10 Å². The Balaban J connectivity index is 1.59. The lowest BCUT2D eigenvalue weighted by Gasteiger charge is -2.53. The third-order valence-corrected chi connectivity index (χ3v) is 13.4. The lowest BCUT2D eigenvalue weighted by Crippen LogP contribution is -2.51. The Morgan fingerprint density at radius 3 is 2.48 bits per heavy atom. The van der Waals surface area contributed by atoms with E-state index >= 15 is 0 Å². The molecule has 5 heteroatoms. The molecule has 0 radical (unpaired) electrons. The van der Waals surface area contributed by atoms with Gasteiger partial charge in [0.2, 0.25) is 0 Å². The highest BCUT2D eigenvalue weighted by Crippen LogP contribution is 2.64. The Morgan fingerprint density at radius 2 is 1.79 bits per heavy atom. The zero-order chi connectivity index (χ0) is 24.1. The summed E-state index contributed by atoms with van der Waals surface area (Å²) in [5.41, 5.74) is 10.00. The van der Waals surface area contributed by atoms with Gasteiger partial charge < -0.3 is 10.5 Å². The molecule has 2 fully saturated rings. The molecular formula is C28H43I2NO2. The number of esters is 1. The number of rotatable bonds is 2. The maximum Gasteiger partial charge on any atom is 0.333 e. The van der Waals surface area contributed by atoms with E-state index in [-0.39, 0.29) is 12.1 Å². The molecule has 0 spiro atoms. The number of alkyl halides is 2. The smallest absolute Gasteiger partial charge is 0.333 e. The first-order chi connectivity index (χ1) is 15.4. The van der Waals surface area contributed by atoms with Crippen molar-refractivity contribution in [2.45, 2.75) is 111 Å². The van der Waals surface area contributed by atoms with Crippen molar-refractivity contribution in [2.75, 3.05) is 0 Å². The van der Waals surface area contributed by atoms with Gasteiger partial charge in [-0.3, -0.25) is 0 Å². The number of allylic oxidation sites excluding steroid dienone is 1. The van der Waals surface area contributed by atoms with E-state index in [9.17, 15) is 4.79 Å². The molecule has 2 saturated carbocycles. The summed E-state index contributed by atoms with van der Waals surface area (Å²) in [5, 5.41) is 0. The van der Waals surface area contributed by atoms with E-state index < -0.39 is 0 Å². The van der Waals surface area contributed by atoms with Crippen LogP contribution in [-0.2, 0) is 9.53 Å². The average Bonchev–Trinajstić information content (AvgIpc) is 3.10. The third-order valence-electron chi connectivity index (χ3n) is 9.93. The van der Waals surface area contributed by atoms with E-state index in [0.29, 0.717) is 24.7 Å². The number of cyclic esters (lactones) is 1. The first kappa shape index (κ1) is 26.4. The van der Waals surface area contributed by atoms with Gasteiger partial charge in [0, 0.05) is 24.9 Å². The fourth-order valence-electron chi connectivity index (χ4n) is 7.74. The van der Waals surface area contributed by atoms with Crippen molar-refractivity contribution in [3.63, 3.8) is 0 Å². The molecule has 9 atom stereocenters. The Hall–Kier alpha value is 0.370. The average molecular weight is 679 g/mol.